The maximum Gasteiger partial charge on any atom is 0.321 e. The van der Waals surface area contributed by atoms with Crippen LogP contribution < -0.4 is 16.4 Å². The highest BCUT2D eigenvalue weighted by Gasteiger charge is 2.12. The van der Waals surface area contributed by atoms with Crippen LogP contribution in [0.3, 0.4) is 0 Å². The van der Waals surface area contributed by atoms with E-state index in [1.54, 1.807) is 54.7 Å². The summed E-state index contributed by atoms with van der Waals surface area (Å²) in [5, 5.41) is 5.66. The Bertz CT molecular complexity index is 1020. The number of hydrogen-bond donors (Lipinski definition) is 3. The van der Waals surface area contributed by atoms with Gasteiger partial charge in [0.15, 0.2) is 0 Å². The Labute approximate surface area is 169 Å². The number of aromatic nitrogens is 1. The number of nitrogens with one attached hydrogen (secondary N) is 2. The molecule has 0 saturated carbocycles. The van der Waals surface area contributed by atoms with Crippen molar-refractivity contribution in [2.24, 2.45) is 0 Å². The smallest absolute Gasteiger partial charge is 0.321 e. The molecule has 148 valence electrons. The van der Waals surface area contributed by atoms with E-state index < -0.39 is 0 Å². The summed E-state index contributed by atoms with van der Waals surface area (Å²) < 4.78 is 0. The molecule has 0 aliphatic carbocycles. The van der Waals surface area contributed by atoms with Crippen LogP contribution in [0.15, 0.2) is 67.0 Å². The summed E-state index contributed by atoms with van der Waals surface area (Å²) in [6, 6.07) is 15.7. The van der Waals surface area contributed by atoms with Crippen molar-refractivity contribution in [2.75, 3.05) is 23.4 Å². The highest BCUT2D eigenvalue weighted by Crippen LogP contribution is 2.18. The van der Waals surface area contributed by atoms with E-state index in [4.69, 9.17) is 5.73 Å². The highest BCUT2D eigenvalue weighted by atomic mass is 16.2. The Kier molecular flexibility index (Phi) is 6.09. The monoisotopic (exact) mass is 389 g/mol. The lowest BCUT2D eigenvalue weighted by molar-refractivity contribution is 0.102. The zero-order chi connectivity index (χ0) is 20.8. The van der Waals surface area contributed by atoms with E-state index in [0.29, 0.717) is 23.5 Å². The number of carbonyl (C=O) groups excluding carboxylic acids is 2. The zero-order valence-electron chi connectivity index (χ0n) is 16.3. The van der Waals surface area contributed by atoms with E-state index >= 15 is 0 Å². The minimum Gasteiger partial charge on any atom is -0.397 e. The molecule has 7 nitrogen and oxygen atoms in total. The lowest BCUT2D eigenvalue weighted by Crippen LogP contribution is -2.31. The van der Waals surface area contributed by atoms with Crippen LogP contribution in [0.1, 0.15) is 21.5 Å². The van der Waals surface area contributed by atoms with Gasteiger partial charge in [-0.1, -0.05) is 24.3 Å². The number of nitrogens with zero attached hydrogens (tertiary/aromatic N) is 2. The number of amides is 3. The number of nitrogen functional groups attached to an aromatic ring is 1. The van der Waals surface area contributed by atoms with Gasteiger partial charge in [0, 0.05) is 37.2 Å². The van der Waals surface area contributed by atoms with Gasteiger partial charge in [-0.05, 0) is 48.4 Å². The number of carbonyl (C=O) groups is 2. The molecule has 3 aromatic rings. The van der Waals surface area contributed by atoms with Crippen molar-refractivity contribution in [3.05, 3.63) is 83.7 Å². The Morgan fingerprint density at radius 1 is 1.00 bits per heavy atom. The molecule has 29 heavy (non-hydrogen) atoms. The van der Waals surface area contributed by atoms with Crippen molar-refractivity contribution in [1.82, 2.24) is 9.88 Å². The average molecular weight is 389 g/mol. The van der Waals surface area contributed by atoms with Gasteiger partial charge in [0.25, 0.3) is 5.91 Å². The number of anilines is 3. The average Bonchev–Trinajstić information content (AvgIpc) is 2.72. The molecule has 0 saturated heterocycles. The fraction of sp³-hybridized carbons (Fsp3) is 0.136. The van der Waals surface area contributed by atoms with Gasteiger partial charge in [-0.2, -0.15) is 0 Å². The molecule has 0 atom stereocenters. The molecule has 4 N–H and O–H groups in total. The molecule has 1 heterocycles. The standard InChI is InChI=1S/C22H23N5O2/c1-15-13-24-12-11-19(15)26-22(29)27(2)14-16-7-9-17(10-8-16)21(28)25-20-6-4-3-5-18(20)23/h3-13H,14,23H2,1-2H3,(H,25,28)(H,24,26,29). The second-order valence-electron chi connectivity index (χ2n) is 6.72. The van der Waals surface area contributed by atoms with E-state index in [1.807, 2.05) is 31.2 Å². The number of nitrogens with two attached hydrogens (primary N) is 1. The molecule has 3 rings (SSSR count). The molecule has 0 bridgehead atoms. The Hall–Kier alpha value is -3.87. The highest BCUT2D eigenvalue weighted by molar-refractivity contribution is 6.05. The van der Waals surface area contributed by atoms with Gasteiger partial charge in [0.1, 0.15) is 0 Å². The largest absolute Gasteiger partial charge is 0.397 e. The van der Waals surface area contributed by atoms with E-state index in [2.05, 4.69) is 15.6 Å². The van der Waals surface area contributed by atoms with E-state index in [0.717, 1.165) is 16.8 Å². The molecule has 7 heteroatoms. The SMILES string of the molecule is Cc1cnccc1NC(=O)N(C)Cc1ccc(C(=O)Nc2ccccc2N)cc1. The minimum atomic E-state index is -0.242. The van der Waals surface area contributed by atoms with Gasteiger partial charge in [-0.3, -0.25) is 9.78 Å². The molecule has 0 unspecified atom stereocenters. The first-order valence-corrected chi connectivity index (χ1v) is 9.11. The minimum absolute atomic E-state index is 0.222. The number of aryl methyl sites for hydroxylation is 1. The number of para-hydroxylation sites is 2. The molecule has 0 spiro atoms. The van der Waals surface area contributed by atoms with Crippen molar-refractivity contribution in [3.8, 4) is 0 Å². The lowest BCUT2D eigenvalue weighted by atomic mass is 10.1. The number of urea groups is 1. The summed E-state index contributed by atoms with van der Waals surface area (Å²) in [6.45, 7) is 2.29. The first kappa shape index (κ1) is 19.9. The van der Waals surface area contributed by atoms with Crippen molar-refractivity contribution in [3.63, 3.8) is 0 Å². The van der Waals surface area contributed by atoms with Gasteiger partial charge >= 0.3 is 6.03 Å². The number of benzene rings is 2. The topological polar surface area (TPSA) is 100 Å². The summed E-state index contributed by atoms with van der Waals surface area (Å²) in [5.41, 5.74) is 9.98. The molecule has 0 aliphatic heterocycles. The third-order valence-corrected chi connectivity index (χ3v) is 4.45. The van der Waals surface area contributed by atoms with Crippen molar-refractivity contribution < 1.29 is 9.59 Å². The molecule has 0 radical (unpaired) electrons. The van der Waals surface area contributed by atoms with Crippen LogP contribution in [-0.4, -0.2) is 28.9 Å². The second kappa shape index (κ2) is 8.88. The normalized spacial score (nSPS) is 10.3. The van der Waals surface area contributed by atoms with Crippen LogP contribution in [0.4, 0.5) is 21.9 Å². The number of hydrogen-bond acceptors (Lipinski definition) is 4. The maximum atomic E-state index is 12.4. The zero-order valence-corrected chi connectivity index (χ0v) is 16.3. The van der Waals surface area contributed by atoms with Gasteiger partial charge in [0.05, 0.1) is 11.4 Å². The molecule has 0 aliphatic rings. The summed E-state index contributed by atoms with van der Waals surface area (Å²) in [7, 11) is 1.71. The van der Waals surface area contributed by atoms with Crippen LogP contribution in [0.5, 0.6) is 0 Å². The predicted molar refractivity (Wildman–Crippen MR) is 115 cm³/mol. The second-order valence-corrected chi connectivity index (χ2v) is 6.72. The molecule has 3 amide bonds. The fourth-order valence-electron chi connectivity index (χ4n) is 2.74. The van der Waals surface area contributed by atoms with Gasteiger partial charge < -0.3 is 21.3 Å². The molecule has 0 fully saturated rings. The fourth-order valence-corrected chi connectivity index (χ4v) is 2.74. The molecular formula is C22H23N5O2. The van der Waals surface area contributed by atoms with Gasteiger partial charge in [-0.25, -0.2) is 4.79 Å². The van der Waals surface area contributed by atoms with E-state index in [1.165, 1.54) is 0 Å². The Balaban J connectivity index is 1.59. The quantitative estimate of drug-likeness (QED) is 0.576. The summed E-state index contributed by atoms with van der Waals surface area (Å²) in [5.74, 6) is -0.242. The third-order valence-electron chi connectivity index (χ3n) is 4.45. The predicted octanol–water partition coefficient (Wildman–Crippen LogP) is 3.89. The van der Waals surface area contributed by atoms with Crippen molar-refractivity contribution in [2.45, 2.75) is 13.5 Å². The van der Waals surface area contributed by atoms with Gasteiger partial charge in [0.2, 0.25) is 0 Å². The molecule has 2 aromatic carbocycles. The first-order valence-electron chi connectivity index (χ1n) is 9.11. The summed E-state index contributed by atoms with van der Waals surface area (Å²) in [4.78, 5) is 30.4. The Morgan fingerprint density at radius 2 is 1.72 bits per heavy atom. The van der Waals surface area contributed by atoms with Crippen LogP contribution in [-0.2, 0) is 6.54 Å². The van der Waals surface area contributed by atoms with Crippen LogP contribution in [0.25, 0.3) is 0 Å². The Morgan fingerprint density at radius 3 is 2.41 bits per heavy atom. The first-order chi connectivity index (χ1) is 13.9. The summed E-state index contributed by atoms with van der Waals surface area (Å²) in [6.07, 6.45) is 3.33. The maximum absolute atomic E-state index is 12.4. The molecule has 1 aromatic heterocycles. The van der Waals surface area contributed by atoms with Crippen LogP contribution in [0.2, 0.25) is 0 Å². The van der Waals surface area contributed by atoms with Gasteiger partial charge in [-0.15, -0.1) is 0 Å². The van der Waals surface area contributed by atoms with E-state index in [-0.39, 0.29) is 11.9 Å². The van der Waals surface area contributed by atoms with E-state index in [9.17, 15) is 9.59 Å². The lowest BCUT2D eigenvalue weighted by Gasteiger charge is -2.19. The van der Waals surface area contributed by atoms with Crippen LogP contribution >= 0.6 is 0 Å². The number of pyridine rings is 1. The van der Waals surface area contributed by atoms with Crippen molar-refractivity contribution >= 4 is 29.0 Å². The summed E-state index contributed by atoms with van der Waals surface area (Å²) >= 11 is 0. The van der Waals surface area contributed by atoms with Crippen LogP contribution in [0, 0.1) is 6.92 Å². The third kappa shape index (κ3) is 5.10. The van der Waals surface area contributed by atoms with Crippen molar-refractivity contribution in [1.29, 1.82) is 0 Å². The molecular weight excluding hydrogens is 366 g/mol. The number of rotatable bonds is 5.